The number of alkyl halides is 3. The topological polar surface area (TPSA) is 0 Å². The third-order valence-electron chi connectivity index (χ3n) is 1.05. The first-order chi connectivity index (χ1) is 4.61. The van der Waals surface area contributed by atoms with E-state index in [1.807, 2.05) is 0 Å². The molecule has 0 saturated carbocycles. The molecule has 0 aliphatic rings. The molecular weight excluding hydrogens is 286 g/mol. The van der Waals surface area contributed by atoms with Crippen LogP contribution >= 0.6 is 0 Å². The van der Waals surface area contributed by atoms with E-state index in [0.29, 0.717) is 0 Å². The van der Waals surface area contributed by atoms with Crippen LogP contribution in [0.1, 0.15) is 5.56 Å². The van der Waals surface area contributed by atoms with Crippen molar-refractivity contribution in [1.82, 2.24) is 0 Å². The fraction of sp³-hybridized carbons (Fsp3) is 0.125. The minimum Gasteiger partial charge on any atom is -0.358 e. The summed E-state index contributed by atoms with van der Waals surface area (Å²) in [5, 5.41) is 0. The van der Waals surface area contributed by atoms with E-state index in [2.05, 4.69) is 6.07 Å². The maximum atomic E-state index is 11.8. The van der Waals surface area contributed by atoms with Crippen molar-refractivity contribution in [2.75, 3.05) is 0 Å². The number of hydrogen-bond acceptors (Lipinski definition) is 0. The van der Waals surface area contributed by atoms with Crippen LogP contribution in [0.3, 0.4) is 0 Å². The average molecular weight is 293 g/mol. The van der Waals surface area contributed by atoms with Crippen molar-refractivity contribution in [2.45, 2.75) is 6.18 Å². The van der Waals surface area contributed by atoms with E-state index in [1.54, 1.807) is 0 Å². The van der Waals surface area contributed by atoms with Crippen molar-refractivity contribution in [1.29, 1.82) is 0 Å². The summed E-state index contributed by atoms with van der Waals surface area (Å²) in [6, 6.07) is 6.95. The second-order valence-electron chi connectivity index (χ2n) is 1.79. The number of halogens is 3. The molecule has 0 aliphatic heterocycles. The minimum atomic E-state index is -4.23. The molecule has 0 heterocycles. The van der Waals surface area contributed by atoms with E-state index in [9.17, 15) is 13.2 Å². The fourth-order valence-corrected chi connectivity index (χ4v) is 0.576. The van der Waals surface area contributed by atoms with Crippen LogP contribution in [-0.4, -0.2) is 0 Å². The first-order valence-electron chi connectivity index (χ1n) is 2.64. The molecule has 62 valence electrons. The first-order valence-corrected chi connectivity index (χ1v) is 2.64. The molecule has 0 bridgehead atoms. The number of rotatable bonds is 0. The van der Waals surface area contributed by atoms with Crippen LogP contribution in [-0.2, 0) is 6.18 Å². The third-order valence-corrected chi connectivity index (χ3v) is 1.05. The zero-order chi connectivity index (χ0) is 7.61. The van der Waals surface area contributed by atoms with E-state index in [0.717, 1.165) is 12.1 Å². The zero-order valence-electron chi connectivity index (χ0n) is 6.94. The summed E-state index contributed by atoms with van der Waals surface area (Å²) in [5.41, 5.74) is -0.633. The molecule has 0 spiro atoms. The van der Waals surface area contributed by atoms with Crippen LogP contribution < -0.4 is 68.9 Å². The Hall–Kier alpha value is 1.06. The maximum absolute atomic E-state index is 11.8. The average Bonchev–Trinajstić information content (AvgIpc) is 1.88. The zero-order valence-corrected chi connectivity index (χ0v) is 13.2. The summed E-state index contributed by atoms with van der Waals surface area (Å²) in [7, 11) is 0. The van der Waals surface area contributed by atoms with Crippen molar-refractivity contribution in [3.8, 4) is 0 Å². The molecule has 12 heavy (non-hydrogen) atoms. The van der Waals surface area contributed by atoms with Crippen molar-refractivity contribution in [3.05, 3.63) is 43.3 Å². The van der Waals surface area contributed by atoms with E-state index in [4.69, 9.17) is 0 Å². The van der Waals surface area contributed by atoms with Crippen LogP contribution in [0.4, 0.5) is 13.2 Å². The van der Waals surface area contributed by atoms with Crippen molar-refractivity contribution in [3.63, 3.8) is 0 Å². The van der Waals surface area contributed by atoms with Gasteiger partial charge in [-0.2, -0.15) is 43.5 Å². The molecule has 0 radical (unpaired) electrons. The monoisotopic (exact) mass is 293 g/mol. The van der Waals surface area contributed by atoms with Gasteiger partial charge in [-0.3, -0.25) is 0 Å². The third kappa shape index (κ3) is 4.94. The molecule has 0 nitrogen and oxygen atoms in total. The van der Waals surface area contributed by atoms with Gasteiger partial charge in [0, 0.05) is 0 Å². The van der Waals surface area contributed by atoms with Gasteiger partial charge in [0.05, 0.1) is 0 Å². The molecule has 0 aromatic heterocycles. The Kier molecular flexibility index (Phi) is 8.42. The molecule has 4 heteroatoms. The molecule has 1 rings (SSSR count). The van der Waals surface area contributed by atoms with E-state index in [1.165, 1.54) is 12.1 Å². The van der Waals surface area contributed by atoms with Gasteiger partial charge in [0.25, 0.3) is 0 Å². The van der Waals surface area contributed by atoms with E-state index in [-0.39, 0.29) is 76.3 Å². The quantitative estimate of drug-likeness (QED) is 0.589. The van der Waals surface area contributed by atoms with Gasteiger partial charge in [0.1, 0.15) is 0 Å². The largest absolute Gasteiger partial charge is 1.00 e. The SMILES string of the molecule is FC(F)(F)c1cc[c-]cc1.[CH3-].[Cs+]. The number of hydrogen-bond donors (Lipinski definition) is 0. The van der Waals surface area contributed by atoms with Crippen molar-refractivity contribution >= 4 is 0 Å². The molecule has 0 N–H and O–H groups in total. The molecule has 0 amide bonds. The summed E-state index contributed by atoms with van der Waals surface area (Å²) in [6.45, 7) is 0. The summed E-state index contributed by atoms with van der Waals surface area (Å²) >= 11 is 0. The summed E-state index contributed by atoms with van der Waals surface area (Å²) in [5.74, 6) is 0. The Morgan fingerprint density at radius 3 is 1.75 bits per heavy atom. The van der Waals surface area contributed by atoms with Crippen LogP contribution in [0.2, 0.25) is 0 Å². The van der Waals surface area contributed by atoms with Gasteiger partial charge in [-0.05, 0) is 0 Å². The standard InChI is InChI=1S/C7H4F3.CH3.Cs/c8-7(9,10)6-4-2-1-3-5-6;;/h2-5H;1H3;/q2*-1;+1. The smallest absolute Gasteiger partial charge is 0.358 e. The maximum Gasteiger partial charge on any atom is 1.00 e. The molecule has 0 fully saturated rings. The van der Waals surface area contributed by atoms with E-state index < -0.39 is 11.7 Å². The molecule has 0 aliphatic carbocycles. The van der Waals surface area contributed by atoms with Crippen LogP contribution in [0.15, 0.2) is 24.3 Å². The summed E-state index contributed by atoms with van der Waals surface area (Å²) in [4.78, 5) is 0. The summed E-state index contributed by atoms with van der Waals surface area (Å²) in [6.07, 6.45) is -4.23. The molecule has 0 unspecified atom stereocenters. The Labute approximate surface area is 129 Å². The molecule has 1 aromatic rings. The predicted molar refractivity (Wildman–Crippen MR) is 36.7 cm³/mol. The van der Waals surface area contributed by atoms with Gasteiger partial charge < -0.3 is 7.43 Å². The number of benzene rings is 1. The molecular formula is C8H7CsF3-. The van der Waals surface area contributed by atoms with Gasteiger partial charge in [0.15, 0.2) is 0 Å². The second-order valence-corrected chi connectivity index (χ2v) is 1.79. The van der Waals surface area contributed by atoms with Crippen molar-refractivity contribution < 1.29 is 82.1 Å². The Balaban J connectivity index is 0. The van der Waals surface area contributed by atoms with Gasteiger partial charge in [-0.15, -0.1) is 0 Å². The van der Waals surface area contributed by atoms with Crippen LogP contribution in [0.25, 0.3) is 0 Å². The van der Waals surface area contributed by atoms with Gasteiger partial charge in [0.2, 0.25) is 0 Å². The molecule has 1 aromatic carbocycles. The summed E-state index contributed by atoms with van der Waals surface area (Å²) < 4.78 is 35.3. The first kappa shape index (κ1) is 15.5. The van der Waals surface area contributed by atoms with Gasteiger partial charge >= 0.3 is 75.1 Å². The normalized spacial score (nSPS) is 9.58. The Morgan fingerprint density at radius 2 is 1.50 bits per heavy atom. The van der Waals surface area contributed by atoms with Gasteiger partial charge in [-0.1, -0.05) is 5.56 Å². The Bertz CT molecular complexity index is 205. The predicted octanol–water partition coefficient (Wildman–Crippen LogP) is -0.0401. The second kappa shape index (κ2) is 6.51. The van der Waals surface area contributed by atoms with Crippen molar-refractivity contribution in [2.24, 2.45) is 0 Å². The van der Waals surface area contributed by atoms with Crippen LogP contribution in [0, 0.1) is 13.5 Å². The van der Waals surface area contributed by atoms with Crippen LogP contribution in [0.5, 0.6) is 0 Å². The van der Waals surface area contributed by atoms with E-state index >= 15 is 0 Å². The van der Waals surface area contributed by atoms with Gasteiger partial charge in [-0.25, -0.2) is 0 Å². The minimum absolute atomic E-state index is 0. The fourth-order valence-electron chi connectivity index (χ4n) is 0.576. The molecule has 0 saturated heterocycles. The molecule has 0 atom stereocenters. The Morgan fingerprint density at radius 1 is 1.08 bits per heavy atom.